The van der Waals surface area contributed by atoms with Gasteiger partial charge in [-0.3, -0.25) is 9.59 Å². The van der Waals surface area contributed by atoms with Crippen molar-refractivity contribution in [2.75, 3.05) is 23.9 Å². The summed E-state index contributed by atoms with van der Waals surface area (Å²) < 4.78 is 10.9. The highest BCUT2D eigenvalue weighted by molar-refractivity contribution is 6.46. The molecule has 0 aromatic heterocycles. The number of rotatable bonds is 7. The SMILES string of the molecule is CCOc1ccc(NC2=C(c3ccc(C)c(C)c3)C(=O)N(c3ccccc3OC)C2=O)cc1. The van der Waals surface area contributed by atoms with Crippen LogP contribution in [0.3, 0.4) is 0 Å². The van der Waals surface area contributed by atoms with Gasteiger partial charge in [0.25, 0.3) is 11.8 Å². The molecule has 0 radical (unpaired) electrons. The van der Waals surface area contributed by atoms with E-state index in [9.17, 15) is 9.59 Å². The number of aryl methyl sites for hydroxylation is 2. The molecular formula is C27H26N2O4. The van der Waals surface area contributed by atoms with Crippen LogP contribution in [0.2, 0.25) is 0 Å². The lowest BCUT2D eigenvalue weighted by molar-refractivity contribution is -0.120. The van der Waals surface area contributed by atoms with Gasteiger partial charge in [-0.05, 0) is 73.9 Å². The van der Waals surface area contributed by atoms with E-state index in [1.165, 1.54) is 12.0 Å². The average Bonchev–Trinajstić information content (AvgIpc) is 3.06. The van der Waals surface area contributed by atoms with Gasteiger partial charge in [-0.15, -0.1) is 0 Å². The molecule has 6 nitrogen and oxygen atoms in total. The summed E-state index contributed by atoms with van der Waals surface area (Å²) in [6, 6.07) is 20.0. The van der Waals surface area contributed by atoms with E-state index in [0.717, 1.165) is 16.9 Å². The number of methoxy groups -OCH3 is 1. The van der Waals surface area contributed by atoms with E-state index >= 15 is 0 Å². The van der Waals surface area contributed by atoms with Crippen molar-refractivity contribution in [3.05, 3.63) is 89.1 Å². The van der Waals surface area contributed by atoms with Crippen molar-refractivity contribution in [1.82, 2.24) is 0 Å². The third-order valence-electron chi connectivity index (χ3n) is 5.64. The molecule has 6 heteroatoms. The van der Waals surface area contributed by atoms with Crippen LogP contribution in [0, 0.1) is 13.8 Å². The van der Waals surface area contributed by atoms with Crippen molar-refractivity contribution in [2.45, 2.75) is 20.8 Å². The maximum Gasteiger partial charge on any atom is 0.282 e. The summed E-state index contributed by atoms with van der Waals surface area (Å²) in [6.45, 7) is 6.48. The smallest absolute Gasteiger partial charge is 0.282 e. The first-order valence-electron chi connectivity index (χ1n) is 10.8. The number of nitrogens with one attached hydrogen (secondary N) is 1. The molecule has 1 aliphatic rings. The number of anilines is 2. The molecule has 2 amide bonds. The number of benzene rings is 3. The van der Waals surface area contributed by atoms with Crippen molar-refractivity contribution >= 4 is 28.8 Å². The second kappa shape index (κ2) is 9.20. The summed E-state index contributed by atoms with van der Waals surface area (Å²) >= 11 is 0. The third kappa shape index (κ3) is 4.20. The first-order chi connectivity index (χ1) is 15.9. The monoisotopic (exact) mass is 442 g/mol. The number of amides is 2. The van der Waals surface area contributed by atoms with Gasteiger partial charge >= 0.3 is 0 Å². The minimum Gasteiger partial charge on any atom is -0.495 e. The zero-order valence-electron chi connectivity index (χ0n) is 19.1. The number of carbonyl (C=O) groups excluding carboxylic acids is 2. The summed E-state index contributed by atoms with van der Waals surface area (Å²) in [5, 5.41) is 3.18. The Bertz CT molecular complexity index is 1250. The lowest BCUT2D eigenvalue weighted by Gasteiger charge is -2.18. The van der Waals surface area contributed by atoms with Crippen LogP contribution in [0.15, 0.2) is 72.4 Å². The summed E-state index contributed by atoms with van der Waals surface area (Å²) in [4.78, 5) is 28.4. The lowest BCUT2D eigenvalue weighted by Crippen LogP contribution is -2.32. The van der Waals surface area contributed by atoms with Crippen LogP contribution in [0.1, 0.15) is 23.6 Å². The second-order valence-corrected chi connectivity index (χ2v) is 7.75. The first-order valence-corrected chi connectivity index (χ1v) is 10.8. The Morgan fingerprint density at radius 3 is 2.27 bits per heavy atom. The van der Waals surface area contributed by atoms with Crippen LogP contribution < -0.4 is 19.7 Å². The maximum absolute atomic E-state index is 13.7. The molecule has 168 valence electrons. The maximum atomic E-state index is 13.7. The van der Waals surface area contributed by atoms with E-state index in [-0.39, 0.29) is 5.70 Å². The normalized spacial score (nSPS) is 13.5. The fourth-order valence-electron chi connectivity index (χ4n) is 3.79. The summed E-state index contributed by atoms with van der Waals surface area (Å²) in [5.41, 5.74) is 4.45. The highest BCUT2D eigenvalue weighted by Crippen LogP contribution is 2.38. The molecule has 33 heavy (non-hydrogen) atoms. The van der Waals surface area contributed by atoms with Crippen molar-refractivity contribution in [1.29, 1.82) is 0 Å². The number of carbonyl (C=O) groups is 2. The van der Waals surface area contributed by atoms with Gasteiger partial charge in [0.1, 0.15) is 17.2 Å². The number of imide groups is 1. The van der Waals surface area contributed by atoms with Crippen LogP contribution in [-0.4, -0.2) is 25.5 Å². The zero-order chi connectivity index (χ0) is 23.5. The Kier molecular flexibility index (Phi) is 6.18. The van der Waals surface area contributed by atoms with E-state index < -0.39 is 11.8 Å². The molecule has 1 heterocycles. The van der Waals surface area contributed by atoms with Crippen LogP contribution in [0.4, 0.5) is 11.4 Å². The number of hydrogen-bond donors (Lipinski definition) is 1. The molecule has 0 saturated heterocycles. The van der Waals surface area contributed by atoms with Gasteiger partial charge in [0.05, 0.1) is 25.0 Å². The largest absolute Gasteiger partial charge is 0.495 e. The van der Waals surface area contributed by atoms with Crippen molar-refractivity contribution in [3.63, 3.8) is 0 Å². The van der Waals surface area contributed by atoms with E-state index in [2.05, 4.69) is 5.32 Å². The Labute approximate surface area is 193 Å². The molecular weight excluding hydrogens is 416 g/mol. The Morgan fingerprint density at radius 1 is 0.879 bits per heavy atom. The van der Waals surface area contributed by atoms with Gasteiger partial charge < -0.3 is 14.8 Å². The van der Waals surface area contributed by atoms with Crippen LogP contribution in [-0.2, 0) is 9.59 Å². The van der Waals surface area contributed by atoms with E-state index in [1.54, 1.807) is 24.3 Å². The van der Waals surface area contributed by atoms with Gasteiger partial charge in [0, 0.05) is 5.69 Å². The Balaban J connectivity index is 1.81. The van der Waals surface area contributed by atoms with Crippen LogP contribution in [0.25, 0.3) is 5.57 Å². The quantitative estimate of drug-likeness (QED) is 0.515. The second-order valence-electron chi connectivity index (χ2n) is 7.75. The minimum absolute atomic E-state index is 0.221. The molecule has 1 aliphatic heterocycles. The Morgan fingerprint density at radius 2 is 1.61 bits per heavy atom. The molecule has 0 aliphatic carbocycles. The average molecular weight is 443 g/mol. The van der Waals surface area contributed by atoms with Gasteiger partial charge in [0.2, 0.25) is 0 Å². The summed E-state index contributed by atoms with van der Waals surface area (Å²) in [5.74, 6) is 0.338. The number of ether oxygens (including phenoxy) is 2. The lowest BCUT2D eigenvalue weighted by atomic mass is 9.99. The Hall–Kier alpha value is -4.06. The number of nitrogens with zero attached hydrogens (tertiary/aromatic N) is 1. The molecule has 3 aromatic rings. The molecule has 0 unspecified atom stereocenters. The third-order valence-corrected chi connectivity index (χ3v) is 5.64. The van der Waals surface area contributed by atoms with Gasteiger partial charge in [-0.2, -0.15) is 0 Å². The highest BCUT2D eigenvalue weighted by Gasteiger charge is 2.41. The van der Waals surface area contributed by atoms with E-state index in [4.69, 9.17) is 9.47 Å². The fourth-order valence-corrected chi connectivity index (χ4v) is 3.79. The van der Waals surface area contributed by atoms with Crippen molar-refractivity contribution in [3.8, 4) is 11.5 Å². The van der Waals surface area contributed by atoms with Gasteiger partial charge in [-0.1, -0.05) is 30.3 Å². The van der Waals surface area contributed by atoms with Gasteiger partial charge in [0.15, 0.2) is 0 Å². The predicted octanol–water partition coefficient (Wildman–Crippen LogP) is 5.11. The molecule has 0 bridgehead atoms. The highest BCUT2D eigenvalue weighted by atomic mass is 16.5. The fraction of sp³-hybridized carbons (Fsp3) is 0.185. The summed E-state index contributed by atoms with van der Waals surface area (Å²) in [6.07, 6.45) is 0. The van der Waals surface area contributed by atoms with Crippen LogP contribution in [0.5, 0.6) is 11.5 Å². The van der Waals surface area contributed by atoms with Crippen molar-refractivity contribution < 1.29 is 19.1 Å². The molecule has 0 fully saturated rings. The van der Waals surface area contributed by atoms with E-state index in [1.807, 2.05) is 63.2 Å². The first kappa shape index (κ1) is 22.1. The molecule has 0 saturated carbocycles. The van der Waals surface area contributed by atoms with Gasteiger partial charge in [-0.25, -0.2) is 4.90 Å². The van der Waals surface area contributed by atoms with Crippen molar-refractivity contribution in [2.24, 2.45) is 0 Å². The molecule has 3 aromatic carbocycles. The molecule has 0 spiro atoms. The standard InChI is InChI=1S/C27H26N2O4/c1-5-33-21-14-12-20(13-15-21)28-25-24(19-11-10-17(2)18(3)16-19)26(30)29(27(25)31)22-8-6-7-9-23(22)32-4/h6-16,28H,5H2,1-4H3. The molecule has 0 atom stereocenters. The number of para-hydroxylation sites is 2. The van der Waals surface area contributed by atoms with E-state index in [0.29, 0.717) is 34.9 Å². The topological polar surface area (TPSA) is 67.9 Å². The number of hydrogen-bond acceptors (Lipinski definition) is 5. The summed E-state index contributed by atoms with van der Waals surface area (Å²) in [7, 11) is 1.51. The molecule has 4 rings (SSSR count). The molecule has 1 N–H and O–H groups in total. The predicted molar refractivity (Wildman–Crippen MR) is 130 cm³/mol. The zero-order valence-corrected chi connectivity index (χ0v) is 19.1. The van der Waals surface area contributed by atoms with Crippen LogP contribution >= 0.6 is 0 Å². The minimum atomic E-state index is -0.438.